The van der Waals surface area contributed by atoms with E-state index in [2.05, 4.69) is 15.9 Å². The van der Waals surface area contributed by atoms with Gasteiger partial charge in [-0.3, -0.25) is 4.21 Å². The van der Waals surface area contributed by atoms with Gasteiger partial charge in [0, 0.05) is 15.9 Å². The fourth-order valence-electron chi connectivity index (χ4n) is 1.82. The molecule has 0 aliphatic rings. The second kappa shape index (κ2) is 7.13. The Kier molecular flexibility index (Phi) is 5.48. The molecule has 0 saturated heterocycles. The molecule has 2 aromatic carbocycles. The molecular weight excluding hydrogens is 338 g/mol. The van der Waals surface area contributed by atoms with Gasteiger partial charge in [-0.05, 0) is 29.3 Å². The summed E-state index contributed by atoms with van der Waals surface area (Å²) < 4.78 is 13.1. The molecule has 0 aliphatic carbocycles. The molecule has 20 heavy (non-hydrogen) atoms. The summed E-state index contributed by atoms with van der Waals surface area (Å²) in [5, 5.41) is 10.1. The highest BCUT2D eigenvalue weighted by Crippen LogP contribution is 2.20. The van der Waals surface area contributed by atoms with Crippen molar-refractivity contribution in [2.75, 3.05) is 5.75 Å². The first-order valence-electron chi connectivity index (χ1n) is 6.21. The van der Waals surface area contributed by atoms with Crippen LogP contribution in [0.5, 0.6) is 0 Å². The second-order valence-electron chi connectivity index (χ2n) is 4.43. The summed E-state index contributed by atoms with van der Waals surface area (Å²) in [6.45, 7) is 0.473. The number of aliphatic hydroxyl groups excluding tert-OH is 1. The molecule has 0 aliphatic heterocycles. The van der Waals surface area contributed by atoms with Crippen LogP contribution in [-0.4, -0.2) is 15.1 Å². The molecule has 0 saturated carbocycles. The van der Waals surface area contributed by atoms with Crippen molar-refractivity contribution in [1.29, 1.82) is 0 Å². The minimum atomic E-state index is -1.24. The highest BCUT2D eigenvalue weighted by atomic mass is 79.9. The van der Waals surface area contributed by atoms with Gasteiger partial charge in [0.05, 0.1) is 22.7 Å². The van der Waals surface area contributed by atoms with Crippen LogP contribution >= 0.6 is 15.9 Å². The Morgan fingerprint density at radius 2 is 1.90 bits per heavy atom. The molecule has 0 radical (unpaired) electrons. The number of nitrogens with two attached hydrogens (primary N) is 1. The average Bonchev–Trinajstić information content (AvgIpc) is 2.47. The third-order valence-corrected chi connectivity index (χ3v) is 4.86. The molecule has 0 bridgehead atoms. The van der Waals surface area contributed by atoms with Crippen LogP contribution in [0, 0.1) is 0 Å². The lowest BCUT2D eigenvalue weighted by Gasteiger charge is -2.11. The van der Waals surface area contributed by atoms with Crippen LogP contribution in [0.15, 0.2) is 57.9 Å². The number of halogens is 1. The molecule has 3 N–H and O–H groups in total. The lowest BCUT2D eigenvalue weighted by molar-refractivity contribution is 0.203. The lowest BCUT2D eigenvalue weighted by Crippen LogP contribution is -2.09. The molecule has 106 valence electrons. The average molecular weight is 354 g/mol. The normalized spacial score (nSPS) is 13.9. The van der Waals surface area contributed by atoms with Gasteiger partial charge in [-0.2, -0.15) is 0 Å². The first-order valence-corrected chi connectivity index (χ1v) is 8.32. The molecule has 2 aromatic rings. The molecule has 0 fully saturated rings. The molecule has 0 spiro atoms. The molecular formula is C15H16BrNO2S. The molecule has 5 heteroatoms. The van der Waals surface area contributed by atoms with Crippen molar-refractivity contribution in [1.82, 2.24) is 0 Å². The second-order valence-corrected chi connectivity index (χ2v) is 6.84. The van der Waals surface area contributed by atoms with Crippen LogP contribution in [0.4, 0.5) is 0 Å². The number of hydrogen-bond donors (Lipinski definition) is 2. The lowest BCUT2D eigenvalue weighted by atomic mass is 10.1. The fraction of sp³-hybridized carbons (Fsp3) is 0.200. The number of rotatable bonds is 5. The highest BCUT2D eigenvalue weighted by Gasteiger charge is 2.13. The van der Waals surface area contributed by atoms with Gasteiger partial charge in [0.25, 0.3) is 0 Å². The first kappa shape index (κ1) is 15.4. The fourth-order valence-corrected chi connectivity index (χ4v) is 3.53. The van der Waals surface area contributed by atoms with Crippen LogP contribution in [0.3, 0.4) is 0 Å². The third kappa shape index (κ3) is 3.99. The van der Waals surface area contributed by atoms with Gasteiger partial charge >= 0.3 is 0 Å². The Balaban J connectivity index is 2.06. The minimum Gasteiger partial charge on any atom is -0.387 e. The summed E-state index contributed by atoms with van der Waals surface area (Å²) in [6.07, 6.45) is -0.748. The molecule has 3 nitrogen and oxygen atoms in total. The number of aliphatic hydroxyl groups is 1. The Morgan fingerprint density at radius 3 is 2.50 bits per heavy atom. The van der Waals surface area contributed by atoms with Crippen molar-refractivity contribution in [3.8, 4) is 0 Å². The summed E-state index contributed by atoms with van der Waals surface area (Å²) in [7, 11) is -1.24. The Bertz CT molecular complexity index is 601. The van der Waals surface area contributed by atoms with E-state index < -0.39 is 16.9 Å². The monoisotopic (exact) mass is 353 g/mol. The topological polar surface area (TPSA) is 63.3 Å². The van der Waals surface area contributed by atoms with E-state index in [1.807, 2.05) is 36.4 Å². The van der Waals surface area contributed by atoms with Crippen molar-refractivity contribution >= 4 is 26.7 Å². The summed E-state index contributed by atoms with van der Waals surface area (Å²) in [6, 6.07) is 14.7. The maximum Gasteiger partial charge on any atom is 0.0908 e. The van der Waals surface area contributed by atoms with E-state index in [0.29, 0.717) is 11.4 Å². The first-order chi connectivity index (χ1) is 9.60. The zero-order chi connectivity index (χ0) is 14.5. The van der Waals surface area contributed by atoms with Crippen molar-refractivity contribution < 1.29 is 9.32 Å². The van der Waals surface area contributed by atoms with Crippen LogP contribution < -0.4 is 5.73 Å². The minimum absolute atomic E-state index is 0.179. The SMILES string of the molecule is NCc1ccc(C(O)CS(=O)c2cccc(Br)c2)cc1. The van der Waals surface area contributed by atoms with Gasteiger partial charge in [0.15, 0.2) is 0 Å². The number of hydrogen-bond acceptors (Lipinski definition) is 3. The van der Waals surface area contributed by atoms with Gasteiger partial charge in [0.2, 0.25) is 0 Å². The van der Waals surface area contributed by atoms with Gasteiger partial charge < -0.3 is 10.8 Å². The summed E-state index contributed by atoms with van der Waals surface area (Å²) in [5.41, 5.74) is 7.29. The third-order valence-electron chi connectivity index (χ3n) is 2.97. The van der Waals surface area contributed by atoms with E-state index in [4.69, 9.17) is 5.73 Å². The maximum atomic E-state index is 12.2. The van der Waals surface area contributed by atoms with Crippen LogP contribution in [0.1, 0.15) is 17.2 Å². The van der Waals surface area contributed by atoms with Gasteiger partial charge in [-0.25, -0.2) is 0 Å². The van der Waals surface area contributed by atoms with Crippen LogP contribution in [-0.2, 0) is 17.3 Å². The van der Waals surface area contributed by atoms with Crippen molar-refractivity contribution in [2.24, 2.45) is 5.73 Å². The molecule has 0 heterocycles. The van der Waals surface area contributed by atoms with E-state index in [-0.39, 0.29) is 5.75 Å². The summed E-state index contributed by atoms with van der Waals surface area (Å²) in [5.74, 6) is 0.179. The van der Waals surface area contributed by atoms with E-state index in [9.17, 15) is 9.32 Å². The molecule has 0 amide bonds. The van der Waals surface area contributed by atoms with E-state index in [1.165, 1.54) is 0 Å². The Morgan fingerprint density at radius 1 is 1.20 bits per heavy atom. The van der Waals surface area contributed by atoms with Crippen molar-refractivity contribution in [3.63, 3.8) is 0 Å². The number of benzene rings is 2. The molecule has 2 rings (SSSR count). The van der Waals surface area contributed by atoms with E-state index in [1.54, 1.807) is 12.1 Å². The Labute approximate surface area is 129 Å². The van der Waals surface area contributed by atoms with E-state index in [0.717, 1.165) is 15.6 Å². The van der Waals surface area contributed by atoms with Gasteiger partial charge in [0.1, 0.15) is 0 Å². The molecule has 0 aromatic heterocycles. The molecule has 2 unspecified atom stereocenters. The van der Waals surface area contributed by atoms with Gasteiger partial charge in [-0.1, -0.05) is 46.3 Å². The zero-order valence-corrected chi connectivity index (χ0v) is 13.2. The summed E-state index contributed by atoms with van der Waals surface area (Å²) >= 11 is 3.35. The summed E-state index contributed by atoms with van der Waals surface area (Å²) in [4.78, 5) is 0.706. The standard InChI is InChI=1S/C15H16BrNO2S/c16-13-2-1-3-14(8-13)20(19)10-15(18)12-6-4-11(9-17)5-7-12/h1-8,15,18H,9-10,17H2. The quantitative estimate of drug-likeness (QED) is 0.868. The Hall–Kier alpha value is -1.01. The zero-order valence-electron chi connectivity index (χ0n) is 10.8. The van der Waals surface area contributed by atoms with E-state index >= 15 is 0 Å². The van der Waals surface area contributed by atoms with Crippen LogP contribution in [0.25, 0.3) is 0 Å². The van der Waals surface area contributed by atoms with Crippen LogP contribution in [0.2, 0.25) is 0 Å². The smallest absolute Gasteiger partial charge is 0.0908 e. The van der Waals surface area contributed by atoms with Gasteiger partial charge in [-0.15, -0.1) is 0 Å². The largest absolute Gasteiger partial charge is 0.387 e. The predicted octanol–water partition coefficient (Wildman–Crippen LogP) is 2.75. The maximum absolute atomic E-state index is 12.2. The molecule has 2 atom stereocenters. The predicted molar refractivity (Wildman–Crippen MR) is 84.7 cm³/mol. The highest BCUT2D eigenvalue weighted by molar-refractivity contribution is 9.10. The van der Waals surface area contributed by atoms with Crippen molar-refractivity contribution in [2.45, 2.75) is 17.5 Å². The van der Waals surface area contributed by atoms with Crippen molar-refractivity contribution in [3.05, 3.63) is 64.1 Å².